The van der Waals surface area contributed by atoms with Crippen molar-refractivity contribution >= 4 is 12.2 Å². The van der Waals surface area contributed by atoms with Gasteiger partial charge in [0.25, 0.3) is 0 Å². The van der Waals surface area contributed by atoms with Crippen LogP contribution in [0, 0.1) is 6.92 Å². The van der Waals surface area contributed by atoms with Crippen LogP contribution in [0.5, 0.6) is 0 Å². The van der Waals surface area contributed by atoms with Gasteiger partial charge in [0.15, 0.2) is 6.47 Å². The molecule has 0 unspecified atom stereocenters. The van der Waals surface area contributed by atoms with Gasteiger partial charge in [-0.25, -0.2) is 4.99 Å². The van der Waals surface area contributed by atoms with Gasteiger partial charge in [0.1, 0.15) is 0 Å². The maximum absolute atomic E-state index is 11.6. The van der Waals surface area contributed by atoms with E-state index in [-0.39, 0.29) is 0 Å². The third kappa shape index (κ3) is 1.41. The predicted octanol–water partition coefficient (Wildman–Crippen LogP) is 2.62. The molecule has 1 rings (SSSR count). The minimum Gasteiger partial charge on any atom is -0.227 e. The number of nitrogens with zero attached hydrogens (tertiary/aromatic N) is 1. The van der Waals surface area contributed by atoms with E-state index in [0.717, 1.165) is 5.56 Å². The Kier molecular flexibility index (Phi) is 2.15. The fourth-order valence-electron chi connectivity index (χ4n) is 0.761. The van der Waals surface area contributed by atoms with Crippen molar-refractivity contribution in [2.24, 2.45) is 4.99 Å². The molecule has 0 aromatic heterocycles. The quantitative estimate of drug-likeness (QED) is 0.527. The summed E-state index contributed by atoms with van der Waals surface area (Å²) in [4.78, 5) is 3.51. The van der Waals surface area contributed by atoms with Gasteiger partial charge in [0.2, 0.25) is 0 Å². The molecule has 2 heteroatoms. The zero-order chi connectivity index (χ0) is 7.40. The SMILES string of the molecule is Cc1ccccc1N=CF. The maximum atomic E-state index is 11.6. The number of hydrogen-bond donors (Lipinski definition) is 0. The highest BCUT2D eigenvalue weighted by Crippen LogP contribution is 2.15. The van der Waals surface area contributed by atoms with Crippen LogP contribution in [0.3, 0.4) is 0 Å². The molecule has 0 amide bonds. The number of hydrogen-bond acceptors (Lipinski definition) is 1. The Balaban J connectivity index is 3.03. The second-order valence-electron chi connectivity index (χ2n) is 2.01. The van der Waals surface area contributed by atoms with E-state index in [4.69, 9.17) is 0 Å². The summed E-state index contributed by atoms with van der Waals surface area (Å²) in [5, 5.41) is 0. The fraction of sp³-hybridized carbons (Fsp3) is 0.125. The first kappa shape index (κ1) is 6.93. The largest absolute Gasteiger partial charge is 0.227 e. The van der Waals surface area contributed by atoms with Gasteiger partial charge in [0.05, 0.1) is 5.69 Å². The van der Waals surface area contributed by atoms with Gasteiger partial charge >= 0.3 is 0 Å². The summed E-state index contributed by atoms with van der Waals surface area (Å²) in [6.07, 6.45) is 0. The molecule has 0 fully saturated rings. The highest BCUT2D eigenvalue weighted by atomic mass is 19.1. The molecular weight excluding hydrogens is 129 g/mol. The van der Waals surface area contributed by atoms with E-state index in [1.807, 2.05) is 25.1 Å². The van der Waals surface area contributed by atoms with E-state index in [2.05, 4.69) is 4.99 Å². The first-order valence-electron chi connectivity index (χ1n) is 3.03. The Morgan fingerprint density at radius 1 is 1.40 bits per heavy atom. The standard InChI is InChI=1S/C8H8FN/c1-7-4-2-3-5-8(7)10-6-9/h2-6H,1H3. The smallest absolute Gasteiger partial charge is 0.176 e. The van der Waals surface area contributed by atoms with Crippen LogP contribution in [0.25, 0.3) is 0 Å². The molecule has 0 aliphatic carbocycles. The lowest BCUT2D eigenvalue weighted by Gasteiger charge is -1.94. The molecule has 1 aromatic carbocycles. The van der Waals surface area contributed by atoms with Crippen LogP contribution >= 0.6 is 0 Å². The summed E-state index contributed by atoms with van der Waals surface area (Å²) >= 11 is 0. The van der Waals surface area contributed by atoms with Gasteiger partial charge in [-0.2, -0.15) is 4.39 Å². The van der Waals surface area contributed by atoms with Crippen LogP contribution in [0.4, 0.5) is 10.1 Å². The molecule has 10 heavy (non-hydrogen) atoms. The zero-order valence-electron chi connectivity index (χ0n) is 5.71. The Morgan fingerprint density at radius 2 is 2.10 bits per heavy atom. The van der Waals surface area contributed by atoms with Crippen molar-refractivity contribution in [2.45, 2.75) is 6.92 Å². The van der Waals surface area contributed by atoms with Gasteiger partial charge < -0.3 is 0 Å². The molecule has 0 radical (unpaired) electrons. The van der Waals surface area contributed by atoms with Crippen LogP contribution in [-0.2, 0) is 0 Å². The van der Waals surface area contributed by atoms with Crippen molar-refractivity contribution in [1.82, 2.24) is 0 Å². The second kappa shape index (κ2) is 3.11. The van der Waals surface area contributed by atoms with Crippen molar-refractivity contribution in [3.63, 3.8) is 0 Å². The third-order valence-electron chi connectivity index (χ3n) is 1.30. The molecule has 1 aromatic rings. The van der Waals surface area contributed by atoms with E-state index in [9.17, 15) is 4.39 Å². The lowest BCUT2D eigenvalue weighted by Crippen LogP contribution is -1.71. The fourth-order valence-corrected chi connectivity index (χ4v) is 0.761. The van der Waals surface area contributed by atoms with E-state index in [1.165, 1.54) is 0 Å². The molecule has 0 saturated carbocycles. The number of benzene rings is 1. The summed E-state index contributed by atoms with van der Waals surface area (Å²) < 4.78 is 11.6. The zero-order valence-corrected chi connectivity index (χ0v) is 5.71. The van der Waals surface area contributed by atoms with Gasteiger partial charge in [-0.3, -0.25) is 0 Å². The maximum Gasteiger partial charge on any atom is 0.176 e. The minimum absolute atomic E-state index is 0.308. The van der Waals surface area contributed by atoms with Crippen molar-refractivity contribution in [3.8, 4) is 0 Å². The van der Waals surface area contributed by atoms with E-state index >= 15 is 0 Å². The van der Waals surface area contributed by atoms with E-state index in [1.54, 1.807) is 6.07 Å². The molecular formula is C8H8FN. The molecule has 0 spiro atoms. The molecule has 0 aliphatic heterocycles. The molecule has 0 saturated heterocycles. The van der Waals surface area contributed by atoms with Gasteiger partial charge in [-0.15, -0.1) is 0 Å². The van der Waals surface area contributed by atoms with Crippen molar-refractivity contribution < 1.29 is 4.39 Å². The van der Waals surface area contributed by atoms with Gasteiger partial charge in [-0.1, -0.05) is 18.2 Å². The van der Waals surface area contributed by atoms with Crippen molar-refractivity contribution in [1.29, 1.82) is 0 Å². The topological polar surface area (TPSA) is 12.4 Å². The van der Waals surface area contributed by atoms with Crippen LogP contribution in [0.15, 0.2) is 29.3 Å². The monoisotopic (exact) mass is 137 g/mol. The number of rotatable bonds is 1. The lowest BCUT2D eigenvalue weighted by molar-refractivity contribution is 0.841. The average Bonchev–Trinajstić information content (AvgIpc) is 1.94. The van der Waals surface area contributed by atoms with Crippen LogP contribution in [0.2, 0.25) is 0 Å². The van der Waals surface area contributed by atoms with Gasteiger partial charge in [-0.05, 0) is 18.6 Å². The molecule has 0 aliphatic rings. The number of para-hydroxylation sites is 1. The summed E-state index contributed by atoms with van der Waals surface area (Å²) in [7, 11) is 0. The van der Waals surface area contributed by atoms with E-state index < -0.39 is 0 Å². The van der Waals surface area contributed by atoms with Crippen LogP contribution < -0.4 is 0 Å². The van der Waals surface area contributed by atoms with Crippen molar-refractivity contribution in [3.05, 3.63) is 29.8 Å². The van der Waals surface area contributed by atoms with E-state index in [0.29, 0.717) is 12.2 Å². The Morgan fingerprint density at radius 3 is 2.70 bits per heavy atom. The Hall–Kier alpha value is -1.18. The molecule has 0 N–H and O–H groups in total. The molecule has 1 nitrogen and oxygen atoms in total. The summed E-state index contributed by atoms with van der Waals surface area (Å²) in [5.74, 6) is 0. The molecule has 0 bridgehead atoms. The molecule has 0 heterocycles. The summed E-state index contributed by atoms with van der Waals surface area (Å²) in [5.41, 5.74) is 1.67. The van der Waals surface area contributed by atoms with Crippen molar-refractivity contribution in [2.75, 3.05) is 0 Å². The lowest BCUT2D eigenvalue weighted by atomic mass is 10.2. The summed E-state index contributed by atoms with van der Waals surface area (Å²) in [6, 6.07) is 7.38. The molecule has 52 valence electrons. The third-order valence-corrected chi connectivity index (χ3v) is 1.30. The Bertz CT molecular complexity index is 243. The van der Waals surface area contributed by atoms with Crippen LogP contribution in [-0.4, -0.2) is 6.47 Å². The highest BCUT2D eigenvalue weighted by Gasteiger charge is 1.89. The van der Waals surface area contributed by atoms with Crippen LogP contribution in [0.1, 0.15) is 5.56 Å². The number of aliphatic imine (C=N–C) groups is 1. The first-order chi connectivity index (χ1) is 4.84. The number of halogens is 1. The first-order valence-corrected chi connectivity index (χ1v) is 3.03. The molecule has 0 atom stereocenters. The minimum atomic E-state index is 0.308. The highest BCUT2D eigenvalue weighted by molar-refractivity contribution is 5.57. The summed E-state index contributed by atoms with van der Waals surface area (Å²) in [6.45, 7) is 2.20. The van der Waals surface area contributed by atoms with Gasteiger partial charge in [0, 0.05) is 0 Å². The second-order valence-corrected chi connectivity index (χ2v) is 2.01. The Labute approximate surface area is 59.2 Å². The average molecular weight is 137 g/mol. The number of aryl methyl sites for hydroxylation is 1. The normalized spacial score (nSPS) is 10.6. The predicted molar refractivity (Wildman–Crippen MR) is 40.4 cm³/mol.